The molecule has 0 saturated carbocycles. The number of aliphatic hydroxyl groups excluding tert-OH is 1. The number of likely N-dealkylation sites (tertiary alicyclic amines) is 1. The number of aliphatic hydroxyl groups is 1. The number of pyridine rings is 1. The number of carbonyl (C=O) groups is 1. The van der Waals surface area contributed by atoms with Gasteiger partial charge in [0.1, 0.15) is 35.4 Å². The van der Waals surface area contributed by atoms with Gasteiger partial charge in [-0.1, -0.05) is 37.3 Å². The highest BCUT2D eigenvalue weighted by Gasteiger charge is 2.33. The molecule has 0 aliphatic carbocycles. The van der Waals surface area contributed by atoms with E-state index in [4.69, 9.17) is 16.7 Å². The number of rotatable bonds is 3. The van der Waals surface area contributed by atoms with E-state index in [1.807, 2.05) is 37.3 Å². The third-order valence-electron chi connectivity index (χ3n) is 5.80. The molecule has 9 nitrogen and oxygen atoms in total. The molecule has 0 radical (unpaired) electrons. The first-order chi connectivity index (χ1) is 17.3. The Morgan fingerprint density at radius 3 is 2.39 bits per heavy atom. The SMILES string of the molecule is CCc1nc2ccc(F)cc2c(C(=O)N2CC(O)C2)c1-c1ccccc1.N#Cc1c(N)ncnc1N. The standard InChI is InChI=1S/C21H19FN2O2.C5H5N5/c1-2-17-19(13-6-4-3-5-7-13)20(21(26)24-11-15(25)12-24)16-10-14(22)8-9-18(16)23-17;6-1-3-4(7)9-2-10-5(3)8/h3-10,15,25H,2,11-12H2,1H3;2H,(H4,7,8,9,10). The quantitative estimate of drug-likeness (QED) is 0.400. The van der Waals surface area contributed by atoms with Gasteiger partial charge < -0.3 is 21.5 Å². The minimum absolute atomic E-state index is 0.120. The Labute approximate surface area is 206 Å². The number of hydrogen-bond donors (Lipinski definition) is 3. The van der Waals surface area contributed by atoms with Gasteiger partial charge in [0.05, 0.1) is 17.2 Å². The van der Waals surface area contributed by atoms with E-state index in [-0.39, 0.29) is 23.1 Å². The van der Waals surface area contributed by atoms with Crippen LogP contribution in [0.25, 0.3) is 22.0 Å². The van der Waals surface area contributed by atoms with E-state index >= 15 is 0 Å². The highest BCUT2D eigenvalue weighted by molar-refractivity contribution is 6.12. The monoisotopic (exact) mass is 485 g/mol. The van der Waals surface area contributed by atoms with Gasteiger partial charge in [0.2, 0.25) is 0 Å². The Bertz CT molecular complexity index is 1440. The highest BCUT2D eigenvalue weighted by Crippen LogP contribution is 2.34. The highest BCUT2D eigenvalue weighted by atomic mass is 19.1. The summed E-state index contributed by atoms with van der Waals surface area (Å²) in [7, 11) is 0. The molecule has 1 saturated heterocycles. The Hall–Kier alpha value is -4.62. The Kier molecular flexibility index (Phi) is 7.03. The van der Waals surface area contributed by atoms with Gasteiger partial charge in [-0.15, -0.1) is 0 Å². The van der Waals surface area contributed by atoms with E-state index in [0.29, 0.717) is 36.0 Å². The predicted octanol–water partition coefficient (Wildman–Crippen LogP) is 2.93. The summed E-state index contributed by atoms with van der Waals surface area (Å²) in [6, 6.07) is 15.7. The van der Waals surface area contributed by atoms with Crippen LogP contribution in [0, 0.1) is 17.1 Å². The van der Waals surface area contributed by atoms with Crippen LogP contribution in [0.4, 0.5) is 16.0 Å². The Morgan fingerprint density at radius 2 is 1.83 bits per heavy atom. The molecule has 0 atom stereocenters. The molecule has 0 unspecified atom stereocenters. The average Bonchev–Trinajstić information content (AvgIpc) is 2.86. The van der Waals surface area contributed by atoms with E-state index in [2.05, 4.69) is 15.0 Å². The zero-order valence-corrected chi connectivity index (χ0v) is 19.5. The van der Waals surface area contributed by atoms with Gasteiger partial charge in [-0.2, -0.15) is 5.26 Å². The fourth-order valence-electron chi connectivity index (χ4n) is 3.99. The number of hydrogen-bond acceptors (Lipinski definition) is 8. The number of aromatic nitrogens is 3. The van der Waals surface area contributed by atoms with Crippen molar-refractivity contribution >= 4 is 28.4 Å². The molecule has 4 aromatic rings. The molecule has 2 aromatic carbocycles. The van der Waals surface area contributed by atoms with Crippen molar-refractivity contribution in [2.45, 2.75) is 19.4 Å². The summed E-state index contributed by atoms with van der Waals surface area (Å²) in [5.41, 5.74) is 14.2. The molecule has 3 heterocycles. The molecular formula is C26H24FN7O2. The lowest BCUT2D eigenvalue weighted by molar-refractivity contribution is 0.00607. The summed E-state index contributed by atoms with van der Waals surface area (Å²) in [5.74, 6) is -0.355. The molecular weight excluding hydrogens is 461 g/mol. The zero-order valence-electron chi connectivity index (χ0n) is 19.5. The van der Waals surface area contributed by atoms with E-state index in [1.54, 1.807) is 17.0 Å². The van der Waals surface area contributed by atoms with E-state index in [9.17, 15) is 14.3 Å². The van der Waals surface area contributed by atoms with E-state index in [1.165, 1.54) is 18.5 Å². The van der Waals surface area contributed by atoms with E-state index < -0.39 is 11.9 Å². The molecule has 182 valence electrons. The molecule has 1 amide bonds. The van der Waals surface area contributed by atoms with Gasteiger partial charge in [0, 0.05) is 29.7 Å². The van der Waals surface area contributed by atoms with Crippen LogP contribution >= 0.6 is 0 Å². The summed E-state index contributed by atoms with van der Waals surface area (Å²) >= 11 is 0. The predicted molar refractivity (Wildman–Crippen MR) is 134 cm³/mol. The van der Waals surface area contributed by atoms with Gasteiger partial charge in [-0.3, -0.25) is 9.78 Å². The van der Waals surface area contributed by atoms with Gasteiger partial charge in [0.15, 0.2) is 0 Å². The first kappa shape index (κ1) is 24.5. The number of halogens is 1. The van der Waals surface area contributed by atoms with Gasteiger partial charge in [-0.05, 0) is 30.2 Å². The van der Waals surface area contributed by atoms with Crippen LogP contribution in [0.1, 0.15) is 28.5 Å². The molecule has 0 bridgehead atoms. The van der Waals surface area contributed by atoms with Crippen molar-refractivity contribution in [3.8, 4) is 17.2 Å². The molecule has 1 fully saturated rings. The summed E-state index contributed by atoms with van der Waals surface area (Å²) < 4.78 is 14.0. The van der Waals surface area contributed by atoms with Crippen LogP contribution in [0.15, 0.2) is 54.9 Å². The van der Waals surface area contributed by atoms with Crippen molar-refractivity contribution in [2.75, 3.05) is 24.6 Å². The topological polar surface area (TPSA) is 155 Å². The Morgan fingerprint density at radius 1 is 1.17 bits per heavy atom. The van der Waals surface area contributed by atoms with Crippen LogP contribution in [0.2, 0.25) is 0 Å². The molecule has 2 aromatic heterocycles. The van der Waals surface area contributed by atoms with Crippen LogP contribution in [0.3, 0.4) is 0 Å². The lowest BCUT2D eigenvalue weighted by Gasteiger charge is -2.36. The summed E-state index contributed by atoms with van der Waals surface area (Å²) in [4.78, 5) is 26.7. The lowest BCUT2D eigenvalue weighted by atomic mass is 9.92. The number of anilines is 2. The fraction of sp³-hybridized carbons (Fsp3) is 0.192. The largest absolute Gasteiger partial charge is 0.389 e. The van der Waals surface area contributed by atoms with Gasteiger partial charge in [-0.25, -0.2) is 14.4 Å². The molecule has 1 aliphatic rings. The normalized spacial score (nSPS) is 12.9. The molecule has 10 heteroatoms. The average molecular weight is 486 g/mol. The maximum atomic E-state index is 14.0. The number of β-amino-alcohol motifs (C(OH)–C–C–N with tert-alkyl or cyclic N) is 1. The maximum absolute atomic E-state index is 14.0. The van der Waals surface area contributed by atoms with Crippen LogP contribution in [-0.2, 0) is 6.42 Å². The molecule has 36 heavy (non-hydrogen) atoms. The Balaban J connectivity index is 0.000000256. The number of aryl methyl sites for hydroxylation is 1. The molecule has 0 spiro atoms. The summed E-state index contributed by atoms with van der Waals surface area (Å²) in [5, 5.41) is 18.5. The van der Waals surface area contributed by atoms with Gasteiger partial charge >= 0.3 is 0 Å². The third kappa shape index (κ3) is 4.78. The maximum Gasteiger partial charge on any atom is 0.255 e. The minimum atomic E-state index is -0.491. The van der Waals surface area contributed by atoms with Crippen molar-refractivity contribution in [1.29, 1.82) is 5.26 Å². The number of nitriles is 1. The number of amides is 1. The number of nitrogens with two attached hydrogens (primary N) is 2. The number of nitrogens with zero attached hydrogens (tertiary/aromatic N) is 5. The minimum Gasteiger partial charge on any atom is -0.389 e. The smallest absolute Gasteiger partial charge is 0.255 e. The lowest BCUT2D eigenvalue weighted by Crippen LogP contribution is -2.53. The van der Waals surface area contributed by atoms with Crippen LogP contribution in [-0.4, -0.2) is 50.1 Å². The number of fused-ring (bicyclic) bond motifs is 1. The second kappa shape index (κ2) is 10.3. The number of carbonyl (C=O) groups excluding carboxylic acids is 1. The van der Waals surface area contributed by atoms with Crippen LogP contribution in [0.5, 0.6) is 0 Å². The second-order valence-corrected chi connectivity index (χ2v) is 8.18. The third-order valence-corrected chi connectivity index (χ3v) is 5.80. The van der Waals surface area contributed by atoms with Crippen molar-refractivity contribution in [3.63, 3.8) is 0 Å². The zero-order chi connectivity index (χ0) is 25.8. The summed E-state index contributed by atoms with van der Waals surface area (Å²) in [6.45, 7) is 2.59. The second-order valence-electron chi connectivity index (χ2n) is 8.18. The fourth-order valence-corrected chi connectivity index (χ4v) is 3.99. The first-order valence-corrected chi connectivity index (χ1v) is 11.2. The number of benzene rings is 2. The van der Waals surface area contributed by atoms with E-state index in [0.717, 1.165) is 16.8 Å². The van der Waals surface area contributed by atoms with Crippen LogP contribution < -0.4 is 11.5 Å². The number of nitrogen functional groups attached to an aromatic ring is 2. The van der Waals surface area contributed by atoms with Crippen molar-refractivity contribution < 1.29 is 14.3 Å². The molecule has 5 rings (SSSR count). The molecule has 5 N–H and O–H groups in total. The first-order valence-electron chi connectivity index (χ1n) is 11.2. The van der Waals surface area contributed by atoms with Crippen molar-refractivity contribution in [1.82, 2.24) is 19.9 Å². The molecule has 1 aliphatic heterocycles. The van der Waals surface area contributed by atoms with Crippen molar-refractivity contribution in [3.05, 3.63) is 77.5 Å². The van der Waals surface area contributed by atoms with Gasteiger partial charge in [0.25, 0.3) is 5.91 Å². The summed E-state index contributed by atoms with van der Waals surface area (Å²) in [6.07, 6.45) is 1.38. The van der Waals surface area contributed by atoms with Crippen molar-refractivity contribution in [2.24, 2.45) is 0 Å².